The van der Waals surface area contributed by atoms with Crippen LogP contribution in [0, 0.1) is 5.92 Å². The van der Waals surface area contributed by atoms with Crippen LogP contribution in [-0.2, 0) is 10.3 Å². The summed E-state index contributed by atoms with van der Waals surface area (Å²) in [6, 6.07) is 43.6. The molecular formula is C39H34ClN3O3. The fourth-order valence-corrected chi connectivity index (χ4v) is 6.47. The van der Waals surface area contributed by atoms with Crippen LogP contribution in [0.2, 0.25) is 5.02 Å². The lowest BCUT2D eigenvalue weighted by Crippen LogP contribution is -2.47. The summed E-state index contributed by atoms with van der Waals surface area (Å²) >= 11 is 6.34. The van der Waals surface area contributed by atoms with E-state index in [1.165, 1.54) is 0 Å². The van der Waals surface area contributed by atoms with Crippen molar-refractivity contribution in [1.82, 2.24) is 14.5 Å². The second-order valence-electron chi connectivity index (χ2n) is 11.9. The van der Waals surface area contributed by atoms with Crippen molar-refractivity contribution in [3.8, 4) is 11.4 Å². The molecule has 5 aromatic carbocycles. The number of carbonyl (C=O) groups excluding carboxylic acids is 1. The van der Waals surface area contributed by atoms with Crippen molar-refractivity contribution in [2.75, 3.05) is 6.54 Å². The number of imidazole rings is 1. The molecule has 0 radical (unpaired) electrons. The molecule has 7 heteroatoms. The van der Waals surface area contributed by atoms with Gasteiger partial charge in [0, 0.05) is 17.6 Å². The zero-order valence-electron chi connectivity index (χ0n) is 25.5. The van der Waals surface area contributed by atoms with Crippen LogP contribution in [0.5, 0.6) is 5.75 Å². The number of ether oxygens (including phenoxy) is 1. The maximum atomic E-state index is 13.8. The number of nitrogens with zero attached hydrogens (tertiary/aromatic N) is 2. The zero-order valence-corrected chi connectivity index (χ0v) is 26.2. The number of esters is 1. The molecule has 0 spiro atoms. The molecule has 0 aliphatic heterocycles. The van der Waals surface area contributed by atoms with Crippen molar-refractivity contribution in [2.24, 2.45) is 5.92 Å². The lowest BCUT2D eigenvalue weighted by Gasteiger charge is -2.37. The number of halogens is 1. The van der Waals surface area contributed by atoms with E-state index in [1.807, 2.05) is 96.4 Å². The van der Waals surface area contributed by atoms with Gasteiger partial charge in [0.05, 0.1) is 28.2 Å². The molecule has 1 atom stereocenters. The average Bonchev–Trinajstić information content (AvgIpc) is 3.89. The Labute approximate surface area is 272 Å². The standard InChI is InChI=1S/C39H34ClN3O3/c1-27(26-41-39(28-13-5-2-6-14-28,29-15-7-3-8-16-29)30-17-9-4-10-18-30)37(44)46-36-20-12-11-19-34(36)43-33-24-21-31(40)25-35(33)42(38(43)45)32-22-23-32/h2-21,24-25,27,32,41H,22-23,26H2,1H3/t27-/m0/s1. The average molecular weight is 628 g/mol. The molecule has 0 amide bonds. The first-order valence-corrected chi connectivity index (χ1v) is 16.0. The smallest absolute Gasteiger partial charge is 0.334 e. The maximum Gasteiger partial charge on any atom is 0.334 e. The summed E-state index contributed by atoms with van der Waals surface area (Å²) in [5.41, 5.74) is 4.31. The van der Waals surface area contributed by atoms with Crippen LogP contribution < -0.4 is 15.7 Å². The van der Waals surface area contributed by atoms with Gasteiger partial charge in [0.1, 0.15) is 0 Å². The first kappa shape index (κ1) is 29.8. The van der Waals surface area contributed by atoms with Crippen molar-refractivity contribution in [3.05, 3.63) is 166 Å². The van der Waals surface area contributed by atoms with E-state index in [0.717, 1.165) is 40.6 Å². The van der Waals surface area contributed by atoms with E-state index in [4.69, 9.17) is 16.3 Å². The van der Waals surface area contributed by atoms with Gasteiger partial charge in [-0.05, 0) is 59.9 Å². The van der Waals surface area contributed by atoms with Crippen LogP contribution in [0.15, 0.2) is 138 Å². The number of hydrogen-bond acceptors (Lipinski definition) is 4. The van der Waals surface area contributed by atoms with Crippen molar-refractivity contribution < 1.29 is 9.53 Å². The molecule has 1 fully saturated rings. The van der Waals surface area contributed by atoms with Gasteiger partial charge in [-0.3, -0.25) is 19.2 Å². The van der Waals surface area contributed by atoms with Crippen molar-refractivity contribution in [2.45, 2.75) is 31.3 Å². The molecule has 1 aromatic heterocycles. The third-order valence-electron chi connectivity index (χ3n) is 8.76. The molecule has 1 heterocycles. The van der Waals surface area contributed by atoms with E-state index in [9.17, 15) is 9.59 Å². The molecule has 1 saturated carbocycles. The molecule has 6 nitrogen and oxygen atoms in total. The van der Waals surface area contributed by atoms with Gasteiger partial charge in [-0.2, -0.15) is 0 Å². The number of rotatable bonds is 10. The van der Waals surface area contributed by atoms with E-state index < -0.39 is 17.4 Å². The lowest BCUT2D eigenvalue weighted by molar-refractivity contribution is -0.138. The van der Waals surface area contributed by atoms with Gasteiger partial charge < -0.3 is 4.74 Å². The first-order valence-electron chi connectivity index (χ1n) is 15.6. The minimum Gasteiger partial charge on any atom is -0.424 e. The van der Waals surface area contributed by atoms with Gasteiger partial charge >= 0.3 is 11.7 Å². The summed E-state index contributed by atoms with van der Waals surface area (Å²) in [6.45, 7) is 2.19. The monoisotopic (exact) mass is 627 g/mol. The molecule has 230 valence electrons. The molecule has 0 saturated heterocycles. The highest BCUT2D eigenvalue weighted by molar-refractivity contribution is 6.31. The summed E-state index contributed by atoms with van der Waals surface area (Å²) in [7, 11) is 0. The van der Waals surface area contributed by atoms with Gasteiger partial charge in [0.2, 0.25) is 0 Å². The third kappa shape index (κ3) is 5.44. The number of carbonyl (C=O) groups is 1. The highest BCUT2D eigenvalue weighted by atomic mass is 35.5. The number of aromatic nitrogens is 2. The Kier molecular flexibility index (Phi) is 8.07. The van der Waals surface area contributed by atoms with Crippen LogP contribution in [0.3, 0.4) is 0 Å². The molecule has 7 rings (SSSR count). The minimum absolute atomic E-state index is 0.148. The third-order valence-corrected chi connectivity index (χ3v) is 9.00. The fraction of sp³-hybridized carbons (Fsp3) is 0.179. The number of fused-ring (bicyclic) bond motifs is 1. The highest BCUT2D eigenvalue weighted by Gasteiger charge is 2.37. The normalized spacial score (nSPS) is 13.9. The Morgan fingerprint density at radius 1 is 0.804 bits per heavy atom. The molecule has 6 aromatic rings. The van der Waals surface area contributed by atoms with Gasteiger partial charge in [0.25, 0.3) is 0 Å². The van der Waals surface area contributed by atoms with E-state index in [2.05, 4.69) is 41.7 Å². The molecule has 1 aliphatic carbocycles. The lowest BCUT2D eigenvalue weighted by atomic mass is 9.76. The Balaban J connectivity index is 1.21. The summed E-state index contributed by atoms with van der Waals surface area (Å²) < 4.78 is 9.52. The van der Waals surface area contributed by atoms with Gasteiger partial charge in [-0.15, -0.1) is 0 Å². The molecule has 0 bridgehead atoms. The zero-order chi connectivity index (χ0) is 31.7. The number of hydrogen-bond donors (Lipinski definition) is 1. The minimum atomic E-state index is -0.713. The van der Waals surface area contributed by atoms with Gasteiger partial charge in [-0.1, -0.05) is 122 Å². The van der Waals surface area contributed by atoms with E-state index in [-0.39, 0.29) is 11.7 Å². The van der Waals surface area contributed by atoms with Gasteiger partial charge in [-0.25, -0.2) is 4.79 Å². The second kappa shape index (κ2) is 12.5. The summed E-state index contributed by atoms with van der Waals surface area (Å²) in [5.74, 6) is -0.594. The number of benzene rings is 5. The summed E-state index contributed by atoms with van der Waals surface area (Å²) in [4.78, 5) is 27.6. The number of para-hydroxylation sites is 2. The highest BCUT2D eigenvalue weighted by Crippen LogP contribution is 2.39. The number of nitrogens with one attached hydrogen (secondary N) is 1. The Bertz CT molecular complexity index is 1950. The topological polar surface area (TPSA) is 65.3 Å². The quantitative estimate of drug-likeness (QED) is 0.0952. The second-order valence-corrected chi connectivity index (χ2v) is 12.3. The van der Waals surface area contributed by atoms with E-state index in [1.54, 1.807) is 16.7 Å². The Morgan fingerprint density at radius 2 is 1.35 bits per heavy atom. The molecule has 0 unspecified atom stereocenters. The predicted molar refractivity (Wildman–Crippen MR) is 183 cm³/mol. The first-order chi connectivity index (χ1) is 22.5. The largest absolute Gasteiger partial charge is 0.424 e. The fourth-order valence-electron chi connectivity index (χ4n) is 6.31. The van der Waals surface area contributed by atoms with E-state index in [0.29, 0.717) is 23.0 Å². The van der Waals surface area contributed by atoms with Crippen LogP contribution >= 0.6 is 11.6 Å². The maximum absolute atomic E-state index is 13.8. The van der Waals surface area contributed by atoms with Crippen LogP contribution in [0.1, 0.15) is 42.5 Å². The van der Waals surface area contributed by atoms with Crippen LogP contribution in [-0.4, -0.2) is 21.6 Å². The predicted octanol–water partition coefficient (Wildman–Crippen LogP) is 7.90. The molecule has 1 aliphatic rings. The van der Waals surface area contributed by atoms with Crippen molar-refractivity contribution in [3.63, 3.8) is 0 Å². The molecular weight excluding hydrogens is 594 g/mol. The van der Waals surface area contributed by atoms with Crippen molar-refractivity contribution in [1.29, 1.82) is 0 Å². The van der Waals surface area contributed by atoms with Crippen LogP contribution in [0.25, 0.3) is 16.7 Å². The van der Waals surface area contributed by atoms with Gasteiger partial charge in [0.15, 0.2) is 5.75 Å². The van der Waals surface area contributed by atoms with Crippen molar-refractivity contribution >= 4 is 28.6 Å². The Morgan fingerprint density at radius 3 is 1.91 bits per heavy atom. The molecule has 1 N–H and O–H groups in total. The molecule has 46 heavy (non-hydrogen) atoms. The summed E-state index contributed by atoms with van der Waals surface area (Å²) in [6.07, 6.45) is 1.90. The van der Waals surface area contributed by atoms with E-state index >= 15 is 0 Å². The SMILES string of the molecule is C[C@@H](CNC(c1ccccc1)(c1ccccc1)c1ccccc1)C(=O)Oc1ccccc1-n1c(=O)n(C2CC2)c2cc(Cl)ccc21. The summed E-state index contributed by atoms with van der Waals surface area (Å²) in [5, 5.41) is 4.35. The Hall–Kier alpha value is -4.91. The van der Waals surface area contributed by atoms with Crippen LogP contribution in [0.4, 0.5) is 0 Å².